The molecule has 3 rings (SSSR count). The second-order valence-corrected chi connectivity index (χ2v) is 6.58. The molecule has 0 bridgehead atoms. The van der Waals surface area contributed by atoms with Gasteiger partial charge in [0, 0.05) is 18.2 Å². The van der Waals surface area contributed by atoms with Crippen LogP contribution in [0.2, 0.25) is 0 Å². The summed E-state index contributed by atoms with van der Waals surface area (Å²) in [5.41, 5.74) is 2.37. The maximum atomic E-state index is 13.3. The van der Waals surface area contributed by atoms with Crippen LogP contribution in [0.4, 0.5) is 4.39 Å². The molecule has 25 heavy (non-hydrogen) atoms. The van der Waals surface area contributed by atoms with Crippen molar-refractivity contribution in [2.75, 3.05) is 0 Å². The van der Waals surface area contributed by atoms with E-state index in [0.29, 0.717) is 12.1 Å². The number of hydrogen-bond donors (Lipinski definition) is 1. The van der Waals surface area contributed by atoms with E-state index in [9.17, 15) is 14.0 Å². The number of hydrogen-bond acceptors (Lipinski definition) is 2. The normalized spacial score (nSPS) is 14.6. The van der Waals surface area contributed by atoms with E-state index in [4.69, 9.17) is 0 Å². The second kappa shape index (κ2) is 7.05. The summed E-state index contributed by atoms with van der Waals surface area (Å²) in [6, 6.07) is 13.0. The molecule has 130 valence electrons. The maximum Gasteiger partial charge on any atom is 0.255 e. The van der Waals surface area contributed by atoms with Gasteiger partial charge >= 0.3 is 0 Å². The molecule has 0 radical (unpaired) electrons. The van der Waals surface area contributed by atoms with Crippen LogP contribution in [0.15, 0.2) is 48.5 Å². The standard InChI is InChI=1S/C20H21FN2O2/c1-13(2)22-19(24)11-18(14-7-9-16(21)10-8-14)23-12-15-5-3-4-6-17(15)20(23)25/h3-10,13,18H,11-12H2,1-2H3,(H,22,24)/t18-/m1/s1. The SMILES string of the molecule is CC(C)NC(=O)C[C@H](c1ccc(F)cc1)N1Cc2ccccc2C1=O. The van der Waals surface area contributed by atoms with Gasteiger partial charge in [0.15, 0.2) is 0 Å². The van der Waals surface area contributed by atoms with Gasteiger partial charge in [-0.25, -0.2) is 4.39 Å². The first-order valence-electron chi connectivity index (χ1n) is 8.39. The summed E-state index contributed by atoms with van der Waals surface area (Å²) in [5, 5.41) is 2.86. The molecule has 1 N–H and O–H groups in total. The highest BCUT2D eigenvalue weighted by atomic mass is 19.1. The van der Waals surface area contributed by atoms with Crippen LogP contribution in [0, 0.1) is 5.82 Å². The zero-order valence-electron chi connectivity index (χ0n) is 14.3. The van der Waals surface area contributed by atoms with Gasteiger partial charge in [-0.05, 0) is 43.2 Å². The lowest BCUT2D eigenvalue weighted by Gasteiger charge is -2.28. The third-order valence-corrected chi connectivity index (χ3v) is 4.31. The molecule has 0 saturated heterocycles. The van der Waals surface area contributed by atoms with Crippen LogP contribution in [0.25, 0.3) is 0 Å². The van der Waals surface area contributed by atoms with E-state index in [1.807, 2.05) is 32.0 Å². The minimum absolute atomic E-state index is 0.0212. The van der Waals surface area contributed by atoms with Gasteiger partial charge in [-0.3, -0.25) is 9.59 Å². The fourth-order valence-corrected chi connectivity index (χ4v) is 3.18. The Bertz CT molecular complexity index is 787. The van der Waals surface area contributed by atoms with Gasteiger partial charge in [-0.15, -0.1) is 0 Å². The molecule has 1 heterocycles. The van der Waals surface area contributed by atoms with Gasteiger partial charge in [0.2, 0.25) is 5.91 Å². The lowest BCUT2D eigenvalue weighted by Crippen LogP contribution is -2.36. The Balaban J connectivity index is 1.90. The van der Waals surface area contributed by atoms with E-state index in [0.717, 1.165) is 11.1 Å². The molecule has 5 heteroatoms. The monoisotopic (exact) mass is 340 g/mol. The van der Waals surface area contributed by atoms with Gasteiger partial charge in [-0.1, -0.05) is 30.3 Å². The summed E-state index contributed by atoms with van der Waals surface area (Å²) in [6.07, 6.45) is 0.142. The number of rotatable bonds is 5. The molecule has 1 aliphatic rings. The van der Waals surface area contributed by atoms with Crippen molar-refractivity contribution in [1.82, 2.24) is 10.2 Å². The van der Waals surface area contributed by atoms with E-state index in [1.165, 1.54) is 12.1 Å². The predicted octanol–water partition coefficient (Wildman–Crippen LogP) is 3.44. The van der Waals surface area contributed by atoms with Crippen LogP contribution in [-0.2, 0) is 11.3 Å². The Hall–Kier alpha value is -2.69. The number of benzene rings is 2. The highest BCUT2D eigenvalue weighted by Crippen LogP contribution is 2.33. The summed E-state index contributed by atoms with van der Waals surface area (Å²) in [4.78, 5) is 26.8. The molecular weight excluding hydrogens is 319 g/mol. The van der Waals surface area contributed by atoms with Gasteiger partial charge in [0.05, 0.1) is 12.5 Å². The smallest absolute Gasteiger partial charge is 0.255 e. The topological polar surface area (TPSA) is 49.4 Å². The number of nitrogens with zero attached hydrogens (tertiary/aromatic N) is 1. The van der Waals surface area contributed by atoms with Crippen LogP contribution >= 0.6 is 0 Å². The highest BCUT2D eigenvalue weighted by molar-refractivity contribution is 5.98. The minimum Gasteiger partial charge on any atom is -0.354 e. The molecule has 0 aliphatic carbocycles. The van der Waals surface area contributed by atoms with E-state index in [2.05, 4.69) is 5.32 Å². The van der Waals surface area contributed by atoms with E-state index < -0.39 is 6.04 Å². The number of halogens is 1. The Kier molecular flexibility index (Phi) is 4.83. The number of nitrogens with one attached hydrogen (secondary N) is 1. The first-order valence-corrected chi connectivity index (χ1v) is 8.39. The zero-order chi connectivity index (χ0) is 18.0. The van der Waals surface area contributed by atoms with Crippen LogP contribution in [0.3, 0.4) is 0 Å². The number of carbonyl (C=O) groups is 2. The third kappa shape index (κ3) is 3.71. The maximum absolute atomic E-state index is 13.3. The first-order chi connectivity index (χ1) is 12.0. The van der Waals surface area contributed by atoms with Gasteiger partial charge in [-0.2, -0.15) is 0 Å². The van der Waals surface area contributed by atoms with Crippen molar-refractivity contribution in [1.29, 1.82) is 0 Å². The fraction of sp³-hybridized carbons (Fsp3) is 0.300. The first kappa shape index (κ1) is 17.1. The van der Waals surface area contributed by atoms with Crippen molar-refractivity contribution >= 4 is 11.8 Å². The number of carbonyl (C=O) groups excluding carboxylic acids is 2. The average molecular weight is 340 g/mol. The summed E-state index contributed by atoms with van der Waals surface area (Å²) in [7, 11) is 0. The molecule has 2 aromatic rings. The third-order valence-electron chi connectivity index (χ3n) is 4.31. The van der Waals surface area contributed by atoms with Crippen LogP contribution in [0.5, 0.6) is 0 Å². The Morgan fingerprint density at radius 3 is 2.48 bits per heavy atom. The van der Waals surface area contributed by atoms with Gasteiger partial charge in [0.1, 0.15) is 5.82 Å². The lowest BCUT2D eigenvalue weighted by molar-refractivity contribution is -0.122. The quantitative estimate of drug-likeness (QED) is 0.906. The molecule has 1 aliphatic heterocycles. The van der Waals surface area contributed by atoms with E-state index in [-0.39, 0.29) is 30.1 Å². The lowest BCUT2D eigenvalue weighted by atomic mass is 10.0. The van der Waals surface area contributed by atoms with E-state index in [1.54, 1.807) is 23.1 Å². The minimum atomic E-state index is -0.431. The predicted molar refractivity (Wildman–Crippen MR) is 93.4 cm³/mol. The summed E-state index contributed by atoms with van der Waals surface area (Å²) in [5.74, 6) is -0.569. The fourth-order valence-electron chi connectivity index (χ4n) is 3.18. The van der Waals surface area contributed by atoms with Gasteiger partial charge < -0.3 is 10.2 Å². The summed E-state index contributed by atoms with van der Waals surface area (Å²) in [6.45, 7) is 4.23. The number of amides is 2. The van der Waals surface area contributed by atoms with Crippen molar-refractivity contribution in [2.24, 2.45) is 0 Å². The molecule has 0 fully saturated rings. The van der Waals surface area contributed by atoms with Crippen molar-refractivity contribution in [3.63, 3.8) is 0 Å². The summed E-state index contributed by atoms with van der Waals surface area (Å²) < 4.78 is 13.3. The molecule has 1 atom stereocenters. The molecule has 2 amide bonds. The highest BCUT2D eigenvalue weighted by Gasteiger charge is 2.34. The molecule has 0 unspecified atom stereocenters. The number of fused-ring (bicyclic) bond motifs is 1. The molecule has 0 aromatic heterocycles. The molecule has 0 saturated carbocycles. The Labute approximate surface area is 146 Å². The van der Waals surface area contributed by atoms with Crippen LogP contribution in [0.1, 0.15) is 47.8 Å². The second-order valence-electron chi connectivity index (χ2n) is 6.58. The van der Waals surface area contributed by atoms with Crippen molar-refractivity contribution in [3.8, 4) is 0 Å². The Morgan fingerprint density at radius 2 is 1.84 bits per heavy atom. The van der Waals surface area contributed by atoms with Crippen molar-refractivity contribution in [2.45, 2.75) is 38.9 Å². The van der Waals surface area contributed by atoms with Crippen molar-refractivity contribution < 1.29 is 14.0 Å². The van der Waals surface area contributed by atoms with Crippen LogP contribution in [-0.4, -0.2) is 22.8 Å². The molecular formula is C20H21FN2O2. The van der Waals surface area contributed by atoms with Crippen LogP contribution < -0.4 is 5.32 Å². The molecule has 4 nitrogen and oxygen atoms in total. The summed E-state index contributed by atoms with van der Waals surface area (Å²) >= 11 is 0. The van der Waals surface area contributed by atoms with Crippen molar-refractivity contribution in [3.05, 3.63) is 71.0 Å². The Morgan fingerprint density at radius 1 is 1.16 bits per heavy atom. The molecule has 2 aromatic carbocycles. The molecule has 0 spiro atoms. The largest absolute Gasteiger partial charge is 0.354 e. The van der Waals surface area contributed by atoms with Gasteiger partial charge in [0.25, 0.3) is 5.91 Å². The zero-order valence-corrected chi connectivity index (χ0v) is 14.3. The van der Waals surface area contributed by atoms with E-state index >= 15 is 0 Å². The average Bonchev–Trinajstić information content (AvgIpc) is 2.90.